The zero-order valence-electron chi connectivity index (χ0n) is 11.0. The molecule has 0 spiro atoms. The molecule has 1 unspecified atom stereocenters. The normalized spacial score (nSPS) is 19.3. The summed E-state index contributed by atoms with van der Waals surface area (Å²) in [6.07, 6.45) is 3.18. The molecule has 2 rings (SSSR count). The van der Waals surface area contributed by atoms with Crippen LogP contribution < -0.4 is 15.4 Å². The lowest BCUT2D eigenvalue weighted by Crippen LogP contribution is -2.43. The smallest absolute Gasteiger partial charge is 0.241 e. The third kappa shape index (κ3) is 3.01. The lowest BCUT2D eigenvalue weighted by atomic mass is 10.0. The Hall–Kier alpha value is -1.55. The number of anilines is 1. The second kappa shape index (κ2) is 5.87. The molecule has 1 aromatic carbocycles. The second-order valence-electron chi connectivity index (χ2n) is 4.67. The average molecular weight is 248 g/mol. The summed E-state index contributed by atoms with van der Waals surface area (Å²) in [4.78, 5) is 12.1. The molecule has 0 saturated carbocycles. The third-order valence-corrected chi connectivity index (χ3v) is 3.33. The summed E-state index contributed by atoms with van der Waals surface area (Å²) in [5, 5.41) is 6.22. The Morgan fingerprint density at radius 3 is 2.94 bits per heavy atom. The van der Waals surface area contributed by atoms with Crippen LogP contribution in [0.5, 0.6) is 5.75 Å². The molecule has 0 radical (unpaired) electrons. The van der Waals surface area contributed by atoms with Crippen LogP contribution in [0.4, 0.5) is 5.69 Å². The van der Waals surface area contributed by atoms with E-state index in [1.807, 2.05) is 25.1 Å². The molecule has 0 bridgehead atoms. The first-order valence-corrected chi connectivity index (χ1v) is 6.39. The van der Waals surface area contributed by atoms with Crippen LogP contribution in [0.15, 0.2) is 18.2 Å². The number of hydrogen-bond acceptors (Lipinski definition) is 3. The molecule has 1 aromatic rings. The van der Waals surface area contributed by atoms with Crippen molar-refractivity contribution in [3.63, 3.8) is 0 Å². The molecule has 2 N–H and O–H groups in total. The highest BCUT2D eigenvalue weighted by molar-refractivity contribution is 5.95. The molecule has 1 fully saturated rings. The highest BCUT2D eigenvalue weighted by Gasteiger charge is 2.20. The van der Waals surface area contributed by atoms with Gasteiger partial charge >= 0.3 is 0 Å². The summed E-state index contributed by atoms with van der Waals surface area (Å²) in [5.74, 6) is 0.804. The Bertz CT molecular complexity index is 426. The van der Waals surface area contributed by atoms with Gasteiger partial charge in [0.1, 0.15) is 5.75 Å². The summed E-state index contributed by atoms with van der Waals surface area (Å²) in [7, 11) is 1.62. The van der Waals surface area contributed by atoms with Gasteiger partial charge in [0.25, 0.3) is 0 Å². The van der Waals surface area contributed by atoms with E-state index in [2.05, 4.69) is 10.6 Å². The van der Waals surface area contributed by atoms with E-state index < -0.39 is 0 Å². The SMILES string of the molecule is COc1ccc(C)c(NC(=O)C2CCCCN2)c1. The van der Waals surface area contributed by atoms with E-state index in [-0.39, 0.29) is 11.9 Å². The molecule has 1 amide bonds. The van der Waals surface area contributed by atoms with Crippen molar-refractivity contribution < 1.29 is 9.53 Å². The Morgan fingerprint density at radius 1 is 1.44 bits per heavy atom. The van der Waals surface area contributed by atoms with E-state index in [1.54, 1.807) is 7.11 Å². The van der Waals surface area contributed by atoms with Crippen LogP contribution in [0.25, 0.3) is 0 Å². The fraction of sp³-hybridized carbons (Fsp3) is 0.500. The highest BCUT2D eigenvalue weighted by atomic mass is 16.5. The zero-order chi connectivity index (χ0) is 13.0. The van der Waals surface area contributed by atoms with E-state index in [4.69, 9.17) is 4.74 Å². The van der Waals surface area contributed by atoms with Gasteiger partial charge in [0.15, 0.2) is 0 Å². The minimum Gasteiger partial charge on any atom is -0.497 e. The summed E-state index contributed by atoms with van der Waals surface area (Å²) in [6.45, 7) is 2.90. The van der Waals surface area contributed by atoms with E-state index >= 15 is 0 Å². The summed E-state index contributed by atoms with van der Waals surface area (Å²) >= 11 is 0. The maximum Gasteiger partial charge on any atom is 0.241 e. The second-order valence-corrected chi connectivity index (χ2v) is 4.67. The molecule has 1 aliphatic rings. The third-order valence-electron chi connectivity index (χ3n) is 3.33. The molecule has 0 aliphatic carbocycles. The molecule has 0 aromatic heterocycles. The number of hydrogen-bond donors (Lipinski definition) is 2. The molecule has 4 heteroatoms. The molecule has 4 nitrogen and oxygen atoms in total. The van der Waals surface area contributed by atoms with Gasteiger partial charge in [0.05, 0.1) is 13.2 Å². The summed E-state index contributed by atoms with van der Waals surface area (Å²) in [5.41, 5.74) is 1.87. The first-order chi connectivity index (χ1) is 8.70. The number of benzene rings is 1. The lowest BCUT2D eigenvalue weighted by molar-refractivity contribution is -0.118. The van der Waals surface area contributed by atoms with Crippen molar-refractivity contribution in [2.75, 3.05) is 19.0 Å². The van der Waals surface area contributed by atoms with Gasteiger partial charge in [-0.2, -0.15) is 0 Å². The first kappa shape index (κ1) is 12.9. The van der Waals surface area contributed by atoms with Crippen molar-refractivity contribution >= 4 is 11.6 Å². The Balaban J connectivity index is 2.05. The van der Waals surface area contributed by atoms with Crippen molar-refractivity contribution in [1.82, 2.24) is 5.32 Å². The molecule has 98 valence electrons. The van der Waals surface area contributed by atoms with Crippen molar-refractivity contribution in [2.24, 2.45) is 0 Å². The lowest BCUT2D eigenvalue weighted by Gasteiger charge is -2.23. The number of ether oxygens (including phenoxy) is 1. The predicted molar refractivity (Wildman–Crippen MR) is 72.0 cm³/mol. The Labute approximate surface area is 108 Å². The molecular formula is C14H20N2O2. The summed E-state index contributed by atoms with van der Waals surface area (Å²) < 4.78 is 5.17. The van der Waals surface area contributed by atoms with Gasteiger partial charge in [-0.1, -0.05) is 12.5 Å². The van der Waals surface area contributed by atoms with Crippen LogP contribution in [-0.2, 0) is 4.79 Å². The number of piperidine rings is 1. The van der Waals surface area contributed by atoms with Gasteiger partial charge < -0.3 is 15.4 Å². The van der Waals surface area contributed by atoms with Crippen LogP contribution in [-0.4, -0.2) is 25.6 Å². The highest BCUT2D eigenvalue weighted by Crippen LogP contribution is 2.22. The molecule has 1 atom stereocenters. The Morgan fingerprint density at radius 2 is 2.28 bits per heavy atom. The quantitative estimate of drug-likeness (QED) is 0.861. The molecule has 1 aliphatic heterocycles. The number of carbonyl (C=O) groups is 1. The minimum atomic E-state index is -0.0654. The van der Waals surface area contributed by atoms with Gasteiger partial charge in [0, 0.05) is 11.8 Å². The van der Waals surface area contributed by atoms with E-state index in [0.717, 1.165) is 42.8 Å². The maximum absolute atomic E-state index is 12.1. The van der Waals surface area contributed by atoms with Gasteiger partial charge in [0.2, 0.25) is 5.91 Å². The van der Waals surface area contributed by atoms with Gasteiger partial charge in [-0.05, 0) is 37.9 Å². The van der Waals surface area contributed by atoms with Crippen molar-refractivity contribution in [3.05, 3.63) is 23.8 Å². The van der Waals surface area contributed by atoms with Crippen LogP contribution >= 0.6 is 0 Å². The standard InChI is InChI=1S/C14H20N2O2/c1-10-6-7-11(18-2)9-13(10)16-14(17)12-5-3-4-8-15-12/h6-7,9,12,15H,3-5,8H2,1-2H3,(H,16,17). The fourth-order valence-electron chi connectivity index (χ4n) is 2.16. The number of carbonyl (C=O) groups excluding carboxylic acids is 1. The van der Waals surface area contributed by atoms with Crippen LogP contribution in [0.3, 0.4) is 0 Å². The summed E-state index contributed by atoms with van der Waals surface area (Å²) in [6, 6.07) is 5.63. The number of rotatable bonds is 3. The maximum atomic E-state index is 12.1. The largest absolute Gasteiger partial charge is 0.497 e. The van der Waals surface area contributed by atoms with Gasteiger partial charge in [-0.3, -0.25) is 4.79 Å². The van der Waals surface area contributed by atoms with Crippen LogP contribution in [0.1, 0.15) is 24.8 Å². The van der Waals surface area contributed by atoms with E-state index in [1.165, 1.54) is 0 Å². The van der Waals surface area contributed by atoms with Crippen molar-refractivity contribution in [2.45, 2.75) is 32.2 Å². The molecule has 1 saturated heterocycles. The molecule has 18 heavy (non-hydrogen) atoms. The Kier molecular flexibility index (Phi) is 4.20. The first-order valence-electron chi connectivity index (χ1n) is 6.39. The van der Waals surface area contributed by atoms with Crippen molar-refractivity contribution in [3.8, 4) is 5.75 Å². The van der Waals surface area contributed by atoms with E-state index in [0.29, 0.717) is 0 Å². The number of aryl methyl sites for hydroxylation is 1. The fourth-order valence-corrected chi connectivity index (χ4v) is 2.16. The molecule has 1 heterocycles. The predicted octanol–water partition coefficient (Wildman–Crippen LogP) is 2.08. The monoisotopic (exact) mass is 248 g/mol. The van der Waals surface area contributed by atoms with Gasteiger partial charge in [-0.15, -0.1) is 0 Å². The van der Waals surface area contributed by atoms with Crippen LogP contribution in [0.2, 0.25) is 0 Å². The number of methoxy groups -OCH3 is 1. The average Bonchev–Trinajstić information content (AvgIpc) is 2.42. The minimum absolute atomic E-state index is 0.0473. The zero-order valence-corrected chi connectivity index (χ0v) is 11.0. The number of nitrogens with one attached hydrogen (secondary N) is 2. The van der Waals surface area contributed by atoms with Gasteiger partial charge in [-0.25, -0.2) is 0 Å². The molecular weight excluding hydrogens is 228 g/mol. The van der Waals surface area contributed by atoms with Crippen molar-refractivity contribution in [1.29, 1.82) is 0 Å². The topological polar surface area (TPSA) is 50.4 Å². The van der Waals surface area contributed by atoms with E-state index in [9.17, 15) is 4.79 Å². The van der Waals surface area contributed by atoms with Crippen LogP contribution in [0, 0.1) is 6.92 Å². The number of amides is 1.